The minimum Gasteiger partial charge on any atom is -0.484 e. The fourth-order valence-electron chi connectivity index (χ4n) is 15.3. The molecule has 8 N–H and O–H groups in total. The number of carbonyl (C=O) groups excluding carboxylic acids is 1. The molecule has 1 amide bonds. The van der Waals surface area contributed by atoms with Gasteiger partial charge < -0.3 is 88.4 Å². The van der Waals surface area contributed by atoms with E-state index in [0.717, 1.165) is 51.6 Å². The lowest BCUT2D eigenvalue weighted by Crippen LogP contribution is -2.66. The van der Waals surface area contributed by atoms with E-state index in [2.05, 4.69) is 39.1 Å². The van der Waals surface area contributed by atoms with E-state index in [4.69, 9.17) is 47.4 Å². The summed E-state index contributed by atoms with van der Waals surface area (Å²) >= 11 is 0. The summed E-state index contributed by atoms with van der Waals surface area (Å²) in [6.07, 6.45) is -10.3. The number of aliphatic hydroxyl groups excluding tert-OH is 7. The molecule has 416 valence electrons. The Balaban J connectivity index is 0.793. The van der Waals surface area contributed by atoms with E-state index in [9.17, 15) is 40.5 Å². The molecule has 0 bridgehead atoms. The second kappa shape index (κ2) is 22.0. The van der Waals surface area contributed by atoms with Crippen LogP contribution in [-0.4, -0.2) is 185 Å². The Kier molecular flexibility index (Phi) is 16.3. The molecule has 9 aliphatic rings. The molecule has 0 radical (unpaired) electrons. The SMILES string of the molecule is C[C@@H]1CC[C@@]2(OC1)O[C@H]1C[C@H]3[C@@H]4CC=C5C[C@@H](O[C@@H]6O[C@H](CO)[C@@H](O[C@H]7O[C@H](C)[C@@H](OCCNC(=O)COc8ccccc8)[C@H](O)[C@@H]7O)[C@H](O)[C@H]6O[C@H]6O[C@H](C)[C@@H](O)[C@H](O)[C@@H]6O)CC[C@]5(C)[C@H]4CC[C@]3(C)[C@H]1[C@@H]2C. The van der Waals surface area contributed by atoms with E-state index < -0.39 is 105 Å². The van der Waals surface area contributed by atoms with Crippen LogP contribution in [0.3, 0.4) is 0 Å². The largest absolute Gasteiger partial charge is 0.484 e. The van der Waals surface area contributed by atoms with Crippen molar-refractivity contribution >= 4 is 5.91 Å². The zero-order chi connectivity index (χ0) is 52.4. The highest BCUT2D eigenvalue weighted by Gasteiger charge is 2.69. The highest BCUT2D eigenvalue weighted by molar-refractivity contribution is 5.77. The van der Waals surface area contributed by atoms with Gasteiger partial charge in [0.05, 0.1) is 44.2 Å². The second-order valence-electron chi connectivity index (χ2n) is 23.9. The first kappa shape index (κ1) is 54.9. The van der Waals surface area contributed by atoms with Gasteiger partial charge in [0.25, 0.3) is 5.91 Å². The van der Waals surface area contributed by atoms with Crippen LogP contribution in [0, 0.1) is 46.3 Å². The molecular formula is C55H83NO18. The molecule has 5 saturated heterocycles. The molecule has 5 aliphatic heterocycles. The Morgan fingerprint density at radius 2 is 1.49 bits per heavy atom. The number of ether oxygens (including phenoxy) is 10. The normalized spacial score (nSPS) is 50.0. The van der Waals surface area contributed by atoms with Crippen molar-refractivity contribution in [1.82, 2.24) is 5.32 Å². The van der Waals surface area contributed by atoms with Crippen LogP contribution in [0.1, 0.15) is 99.3 Å². The topological polar surface area (TPSA) is 263 Å². The van der Waals surface area contributed by atoms with Crippen molar-refractivity contribution in [3.8, 4) is 5.75 Å². The van der Waals surface area contributed by atoms with Gasteiger partial charge in [0.1, 0.15) is 66.8 Å². The highest BCUT2D eigenvalue weighted by atomic mass is 16.8. The van der Waals surface area contributed by atoms with Gasteiger partial charge in [-0.05, 0) is 118 Å². The monoisotopic (exact) mass is 1050 g/mol. The van der Waals surface area contributed by atoms with Crippen molar-refractivity contribution in [2.24, 2.45) is 46.3 Å². The summed E-state index contributed by atoms with van der Waals surface area (Å²) in [5.41, 5.74) is 1.48. The fourth-order valence-corrected chi connectivity index (χ4v) is 15.3. The van der Waals surface area contributed by atoms with Crippen LogP contribution in [0.15, 0.2) is 42.0 Å². The van der Waals surface area contributed by atoms with Crippen LogP contribution in [0.4, 0.5) is 0 Å². The van der Waals surface area contributed by atoms with E-state index in [-0.39, 0.29) is 48.7 Å². The van der Waals surface area contributed by atoms with Crippen molar-refractivity contribution in [2.75, 3.05) is 33.0 Å². The lowest BCUT2D eigenvalue weighted by atomic mass is 9.47. The Morgan fingerprint density at radius 1 is 0.757 bits per heavy atom. The van der Waals surface area contributed by atoms with Crippen LogP contribution < -0.4 is 10.1 Å². The van der Waals surface area contributed by atoms with Gasteiger partial charge in [0.2, 0.25) is 0 Å². The summed E-state index contributed by atoms with van der Waals surface area (Å²) in [6.45, 7) is 12.7. The first-order chi connectivity index (χ1) is 35.3. The van der Waals surface area contributed by atoms with Gasteiger partial charge in [0, 0.05) is 18.9 Å². The number of amides is 1. The zero-order valence-electron chi connectivity index (χ0n) is 43.8. The first-order valence-corrected chi connectivity index (χ1v) is 27.5. The smallest absolute Gasteiger partial charge is 0.258 e. The Bertz CT molecular complexity index is 2100. The molecule has 19 nitrogen and oxygen atoms in total. The summed E-state index contributed by atoms with van der Waals surface area (Å²) < 4.78 is 62.5. The number of fused-ring (bicyclic) bond motifs is 7. The number of hydrogen-bond donors (Lipinski definition) is 8. The van der Waals surface area contributed by atoms with Crippen molar-refractivity contribution in [1.29, 1.82) is 0 Å². The van der Waals surface area contributed by atoms with E-state index in [1.54, 1.807) is 31.2 Å². The summed E-state index contributed by atoms with van der Waals surface area (Å²) in [5.74, 6) is 2.70. The van der Waals surface area contributed by atoms with Gasteiger partial charge in [-0.3, -0.25) is 4.79 Å². The Morgan fingerprint density at radius 3 is 2.22 bits per heavy atom. The molecule has 1 aromatic rings. The number of aliphatic hydroxyl groups is 7. The zero-order valence-corrected chi connectivity index (χ0v) is 43.8. The lowest BCUT2D eigenvalue weighted by Gasteiger charge is -2.58. The van der Waals surface area contributed by atoms with Gasteiger partial charge in [-0.15, -0.1) is 0 Å². The number of para-hydroxylation sites is 1. The van der Waals surface area contributed by atoms with E-state index in [0.29, 0.717) is 54.1 Å². The lowest BCUT2D eigenvalue weighted by molar-refractivity contribution is -0.389. The average molecular weight is 1050 g/mol. The number of rotatable bonds is 14. The quantitative estimate of drug-likeness (QED) is 0.0983. The van der Waals surface area contributed by atoms with Crippen LogP contribution in [-0.2, 0) is 47.4 Å². The summed E-state index contributed by atoms with van der Waals surface area (Å²) in [6, 6.07) is 8.90. The predicted octanol–water partition coefficient (Wildman–Crippen LogP) is 2.46. The average Bonchev–Trinajstić information content (AvgIpc) is 3.88. The third-order valence-corrected chi connectivity index (χ3v) is 19.5. The molecule has 0 unspecified atom stereocenters. The minimum absolute atomic E-state index is 0.0303. The number of nitrogens with one attached hydrogen (secondary N) is 1. The molecule has 8 fully saturated rings. The fraction of sp³-hybridized carbons (Fsp3) is 0.836. The number of allylic oxidation sites excluding steroid dienone is 1. The molecule has 26 atom stereocenters. The summed E-state index contributed by atoms with van der Waals surface area (Å²) in [5, 5.41) is 80.7. The third-order valence-electron chi connectivity index (χ3n) is 19.5. The molecule has 3 saturated carbocycles. The van der Waals surface area contributed by atoms with Crippen LogP contribution in [0.25, 0.3) is 0 Å². The molecular weight excluding hydrogens is 963 g/mol. The van der Waals surface area contributed by atoms with Crippen LogP contribution in [0.2, 0.25) is 0 Å². The Labute approximate surface area is 434 Å². The minimum atomic E-state index is -1.73. The third kappa shape index (κ3) is 10.2. The molecule has 1 aromatic carbocycles. The molecule has 4 aliphatic carbocycles. The maximum Gasteiger partial charge on any atom is 0.258 e. The predicted molar refractivity (Wildman–Crippen MR) is 261 cm³/mol. The molecule has 0 aromatic heterocycles. The van der Waals surface area contributed by atoms with Crippen LogP contribution in [0.5, 0.6) is 5.75 Å². The molecule has 10 rings (SSSR count). The van der Waals surface area contributed by atoms with Crippen molar-refractivity contribution in [3.63, 3.8) is 0 Å². The van der Waals surface area contributed by atoms with E-state index >= 15 is 0 Å². The van der Waals surface area contributed by atoms with Gasteiger partial charge in [0.15, 0.2) is 31.3 Å². The highest BCUT2D eigenvalue weighted by Crippen LogP contribution is 2.70. The summed E-state index contributed by atoms with van der Waals surface area (Å²) in [4.78, 5) is 12.3. The maximum atomic E-state index is 12.3. The van der Waals surface area contributed by atoms with Crippen LogP contribution >= 0.6 is 0 Å². The van der Waals surface area contributed by atoms with E-state index in [1.165, 1.54) is 12.5 Å². The van der Waals surface area contributed by atoms with Crippen molar-refractivity contribution in [3.05, 3.63) is 42.0 Å². The Hall–Kier alpha value is -2.41. The van der Waals surface area contributed by atoms with Gasteiger partial charge in [-0.2, -0.15) is 0 Å². The van der Waals surface area contributed by atoms with E-state index in [1.807, 2.05) is 6.07 Å². The second-order valence-corrected chi connectivity index (χ2v) is 23.9. The summed E-state index contributed by atoms with van der Waals surface area (Å²) in [7, 11) is 0. The van der Waals surface area contributed by atoms with Gasteiger partial charge >= 0.3 is 0 Å². The number of carbonyl (C=O) groups is 1. The van der Waals surface area contributed by atoms with Gasteiger partial charge in [-0.1, -0.05) is 57.5 Å². The van der Waals surface area contributed by atoms with Crippen molar-refractivity contribution < 1.29 is 87.9 Å². The molecule has 1 spiro atoms. The molecule has 19 heteroatoms. The van der Waals surface area contributed by atoms with Crippen molar-refractivity contribution in [2.45, 2.75) is 209 Å². The molecule has 5 heterocycles. The van der Waals surface area contributed by atoms with Gasteiger partial charge in [-0.25, -0.2) is 0 Å². The number of benzene rings is 1. The molecule has 74 heavy (non-hydrogen) atoms. The first-order valence-electron chi connectivity index (χ1n) is 27.5. The maximum absolute atomic E-state index is 12.3. The number of hydrogen-bond acceptors (Lipinski definition) is 18. The standard InChI is InChI=1S/C55H83NO18/c1-27-14-19-55(67-25-27)28(2)40-37(74-55)23-36-34-13-12-31-22-33(15-17-53(31,5)35(34)16-18-54(36,40)6)70-52-49(73-50-44(62)42(60)41(59)29(3)68-50)46(64)48(38(24-57)71-52)72-51-45(63)43(61)47(30(4)69-51)65-21-20-56-39(58)26-66-32-10-8-7-9-11-32/h7-12,27-30,33-38,40-52,57,59-64H,13-26H2,1-6H3,(H,56,58)/t27-,28+,29-,30-,33+,34-,35+,36+,37+,38-,40+,41-,42+,43-,44+,45+,46+,47-,48-,49-,50-,51-,52-,53+,54+,55-/m1/s1.